The van der Waals surface area contributed by atoms with Crippen LogP contribution in [0.15, 0.2) is 18.2 Å². The first-order valence-corrected chi connectivity index (χ1v) is 4.10. The second kappa shape index (κ2) is 4.28. The van der Waals surface area contributed by atoms with Crippen LogP contribution in [0.3, 0.4) is 0 Å². The number of benzene rings is 1. The fraction of sp³-hybridized carbons (Fsp3) is 0.200. The molecular weight excluding hydrogens is 180 g/mol. The molecule has 1 aromatic rings. The van der Waals surface area contributed by atoms with Gasteiger partial charge in [-0.1, -0.05) is 6.07 Å². The molecule has 0 fully saturated rings. The molecule has 2 N–H and O–H groups in total. The van der Waals surface area contributed by atoms with Crippen molar-refractivity contribution in [1.29, 1.82) is 5.26 Å². The second-order valence-corrected chi connectivity index (χ2v) is 2.79. The third-order valence-corrected chi connectivity index (χ3v) is 1.92. The maximum atomic E-state index is 10.8. The van der Waals surface area contributed by atoms with E-state index in [1.165, 1.54) is 6.07 Å². The van der Waals surface area contributed by atoms with Gasteiger partial charge >= 0.3 is 5.97 Å². The van der Waals surface area contributed by atoms with Gasteiger partial charge in [0.2, 0.25) is 0 Å². The van der Waals surface area contributed by atoms with Crippen LogP contribution >= 0.6 is 0 Å². The van der Waals surface area contributed by atoms with E-state index in [9.17, 15) is 4.79 Å². The zero-order chi connectivity index (χ0) is 10.6. The summed E-state index contributed by atoms with van der Waals surface area (Å²) in [6, 6.07) is 6.87. The number of hydrogen-bond acceptors (Lipinski definition) is 3. The second-order valence-electron chi connectivity index (χ2n) is 2.79. The minimum absolute atomic E-state index is 0.171. The van der Waals surface area contributed by atoms with E-state index in [2.05, 4.69) is 5.32 Å². The summed E-state index contributed by atoms with van der Waals surface area (Å²) >= 11 is 0. The van der Waals surface area contributed by atoms with Crippen molar-refractivity contribution < 1.29 is 9.90 Å². The predicted molar refractivity (Wildman–Crippen MR) is 52.2 cm³/mol. The highest BCUT2D eigenvalue weighted by molar-refractivity contribution is 5.91. The molecule has 0 spiro atoms. The molecule has 0 atom stereocenters. The number of anilines is 1. The van der Waals surface area contributed by atoms with Gasteiger partial charge in [-0.25, -0.2) is 4.79 Å². The molecule has 0 aromatic heterocycles. The lowest BCUT2D eigenvalue weighted by Gasteiger charge is -2.08. The van der Waals surface area contributed by atoms with E-state index >= 15 is 0 Å². The molecule has 0 bridgehead atoms. The molecule has 0 aliphatic rings. The summed E-state index contributed by atoms with van der Waals surface area (Å²) in [4.78, 5) is 10.8. The largest absolute Gasteiger partial charge is 0.478 e. The first-order valence-electron chi connectivity index (χ1n) is 4.10. The van der Waals surface area contributed by atoms with Crippen LogP contribution in [0.1, 0.15) is 15.9 Å². The lowest BCUT2D eigenvalue weighted by atomic mass is 10.1. The van der Waals surface area contributed by atoms with E-state index in [-0.39, 0.29) is 12.1 Å². The smallest absolute Gasteiger partial charge is 0.336 e. The Balaban J connectivity index is 3.02. The van der Waals surface area contributed by atoms with Gasteiger partial charge in [-0.3, -0.25) is 0 Å². The minimum atomic E-state index is -0.955. The number of hydrogen-bond donors (Lipinski definition) is 2. The van der Waals surface area contributed by atoms with Crippen molar-refractivity contribution in [3.8, 4) is 6.07 Å². The molecule has 4 heteroatoms. The maximum absolute atomic E-state index is 10.8. The average molecular weight is 190 g/mol. The third kappa shape index (κ3) is 2.02. The lowest BCUT2D eigenvalue weighted by Crippen LogP contribution is -2.05. The van der Waals surface area contributed by atoms with Crippen LogP contribution in [0.5, 0.6) is 0 Å². The number of carbonyl (C=O) groups is 1. The Hall–Kier alpha value is -2.02. The Labute approximate surface area is 81.8 Å². The fourth-order valence-corrected chi connectivity index (χ4v) is 1.19. The van der Waals surface area contributed by atoms with Crippen LogP contribution < -0.4 is 5.32 Å². The van der Waals surface area contributed by atoms with Crippen molar-refractivity contribution in [1.82, 2.24) is 0 Å². The Kier molecular flexibility index (Phi) is 3.08. The lowest BCUT2D eigenvalue weighted by molar-refractivity contribution is 0.0696. The number of carboxylic acid groups (broad SMARTS) is 1. The number of nitrogens with zero attached hydrogens (tertiary/aromatic N) is 1. The summed E-state index contributed by atoms with van der Waals surface area (Å²) in [7, 11) is 0. The summed E-state index contributed by atoms with van der Waals surface area (Å²) in [5.41, 5.74) is 1.59. The Morgan fingerprint density at radius 2 is 2.36 bits per heavy atom. The molecule has 1 rings (SSSR count). The standard InChI is InChI=1S/C10H10N2O2/c1-7-8(10(13)14)3-2-4-9(7)12-6-5-11/h2-4,12H,6H2,1H3,(H,13,14). The molecule has 0 radical (unpaired) electrons. The van der Waals surface area contributed by atoms with Gasteiger partial charge in [0.25, 0.3) is 0 Å². The van der Waals surface area contributed by atoms with Crippen molar-refractivity contribution in [2.45, 2.75) is 6.92 Å². The van der Waals surface area contributed by atoms with E-state index < -0.39 is 5.97 Å². The van der Waals surface area contributed by atoms with Gasteiger partial charge < -0.3 is 10.4 Å². The molecule has 0 heterocycles. The van der Waals surface area contributed by atoms with Crippen LogP contribution in [0.2, 0.25) is 0 Å². The van der Waals surface area contributed by atoms with Gasteiger partial charge in [-0.2, -0.15) is 5.26 Å². The number of aromatic carboxylic acids is 1. The quantitative estimate of drug-likeness (QED) is 0.710. The summed E-state index contributed by atoms with van der Waals surface area (Å²) < 4.78 is 0. The molecule has 0 aliphatic carbocycles. The van der Waals surface area contributed by atoms with Gasteiger partial charge in [-0.05, 0) is 24.6 Å². The van der Waals surface area contributed by atoms with Crippen LogP contribution in [-0.2, 0) is 0 Å². The van der Waals surface area contributed by atoms with Gasteiger partial charge in [0.15, 0.2) is 0 Å². The molecule has 4 nitrogen and oxygen atoms in total. The van der Waals surface area contributed by atoms with Crippen LogP contribution in [-0.4, -0.2) is 17.6 Å². The molecular formula is C10H10N2O2. The fourth-order valence-electron chi connectivity index (χ4n) is 1.19. The topological polar surface area (TPSA) is 73.1 Å². The molecule has 1 aromatic carbocycles. The van der Waals surface area contributed by atoms with Crippen molar-refractivity contribution in [3.05, 3.63) is 29.3 Å². The normalized spacial score (nSPS) is 9.14. The monoisotopic (exact) mass is 190 g/mol. The number of carboxylic acids is 1. The number of nitrogens with one attached hydrogen (secondary N) is 1. The first kappa shape index (κ1) is 10.1. The van der Waals surface area contributed by atoms with E-state index in [0.717, 1.165) is 0 Å². The number of nitriles is 1. The van der Waals surface area contributed by atoms with Gasteiger partial charge in [0, 0.05) is 5.69 Å². The molecule has 0 amide bonds. The molecule has 0 unspecified atom stereocenters. The summed E-state index contributed by atoms with van der Waals surface area (Å²) in [6.45, 7) is 1.88. The van der Waals surface area contributed by atoms with Crippen molar-refractivity contribution in [2.75, 3.05) is 11.9 Å². The van der Waals surface area contributed by atoms with Gasteiger partial charge in [0.1, 0.15) is 6.54 Å². The van der Waals surface area contributed by atoms with Crippen LogP contribution in [0, 0.1) is 18.3 Å². The molecule has 0 saturated heterocycles. The summed E-state index contributed by atoms with van der Waals surface area (Å²) in [5.74, 6) is -0.955. The van der Waals surface area contributed by atoms with E-state index in [4.69, 9.17) is 10.4 Å². The summed E-state index contributed by atoms with van der Waals surface area (Å²) in [5, 5.41) is 20.0. The third-order valence-electron chi connectivity index (χ3n) is 1.92. The average Bonchev–Trinajstić information content (AvgIpc) is 2.16. The zero-order valence-electron chi connectivity index (χ0n) is 7.74. The van der Waals surface area contributed by atoms with Gasteiger partial charge in [0.05, 0.1) is 11.6 Å². The molecule has 0 saturated carbocycles. The minimum Gasteiger partial charge on any atom is -0.478 e. The highest BCUT2D eigenvalue weighted by Crippen LogP contribution is 2.18. The highest BCUT2D eigenvalue weighted by atomic mass is 16.4. The maximum Gasteiger partial charge on any atom is 0.336 e. The summed E-state index contributed by atoms with van der Waals surface area (Å²) in [6.07, 6.45) is 0. The van der Waals surface area contributed by atoms with Crippen molar-refractivity contribution in [2.24, 2.45) is 0 Å². The Morgan fingerprint density at radius 3 is 2.93 bits per heavy atom. The van der Waals surface area contributed by atoms with Crippen LogP contribution in [0.4, 0.5) is 5.69 Å². The molecule has 0 aliphatic heterocycles. The van der Waals surface area contributed by atoms with Crippen molar-refractivity contribution >= 4 is 11.7 Å². The zero-order valence-corrected chi connectivity index (χ0v) is 7.74. The first-order chi connectivity index (χ1) is 6.66. The molecule has 14 heavy (non-hydrogen) atoms. The highest BCUT2D eigenvalue weighted by Gasteiger charge is 2.08. The predicted octanol–water partition coefficient (Wildman–Crippen LogP) is 1.63. The Bertz CT molecular complexity index is 394. The number of rotatable bonds is 3. The van der Waals surface area contributed by atoms with Crippen molar-refractivity contribution in [3.63, 3.8) is 0 Å². The van der Waals surface area contributed by atoms with E-state index in [0.29, 0.717) is 11.3 Å². The van der Waals surface area contributed by atoms with E-state index in [1.807, 2.05) is 6.07 Å². The Morgan fingerprint density at radius 1 is 1.64 bits per heavy atom. The van der Waals surface area contributed by atoms with Gasteiger partial charge in [-0.15, -0.1) is 0 Å². The van der Waals surface area contributed by atoms with Crippen LogP contribution in [0.25, 0.3) is 0 Å². The SMILES string of the molecule is Cc1c(NCC#N)cccc1C(=O)O. The van der Waals surface area contributed by atoms with E-state index in [1.54, 1.807) is 19.1 Å². The molecule has 72 valence electrons.